The quantitative estimate of drug-likeness (QED) is 0.813. The molecule has 0 aliphatic carbocycles. The number of halogens is 3. The number of amides is 1. The Morgan fingerprint density at radius 3 is 2.43 bits per heavy atom. The molecule has 0 fully saturated rings. The van der Waals surface area contributed by atoms with Gasteiger partial charge in [-0.25, -0.2) is 9.75 Å². The van der Waals surface area contributed by atoms with Crippen molar-refractivity contribution in [1.82, 2.24) is 20.1 Å². The normalized spacial score (nSPS) is 11.5. The SMILES string of the molecule is CON(C)C(=O)c1nnn(-c2ccccc2)c1C(F)(F)F. The molecule has 0 bridgehead atoms. The van der Waals surface area contributed by atoms with Gasteiger partial charge < -0.3 is 0 Å². The Labute approximate surface area is 117 Å². The largest absolute Gasteiger partial charge is 0.435 e. The fourth-order valence-electron chi connectivity index (χ4n) is 1.66. The van der Waals surface area contributed by atoms with Gasteiger partial charge in [0.1, 0.15) is 0 Å². The van der Waals surface area contributed by atoms with Gasteiger partial charge in [0.05, 0.1) is 12.8 Å². The zero-order valence-electron chi connectivity index (χ0n) is 11.1. The van der Waals surface area contributed by atoms with E-state index in [4.69, 9.17) is 0 Å². The van der Waals surface area contributed by atoms with Gasteiger partial charge in [0, 0.05) is 7.05 Å². The Hall–Kier alpha value is -2.42. The van der Waals surface area contributed by atoms with Crippen molar-refractivity contribution in [2.45, 2.75) is 6.18 Å². The lowest BCUT2D eigenvalue weighted by Gasteiger charge is -2.14. The highest BCUT2D eigenvalue weighted by Crippen LogP contribution is 2.33. The maximum absolute atomic E-state index is 13.2. The van der Waals surface area contributed by atoms with Gasteiger partial charge in [0.15, 0.2) is 11.4 Å². The van der Waals surface area contributed by atoms with Gasteiger partial charge in [-0.15, -0.1) is 5.10 Å². The fourth-order valence-corrected chi connectivity index (χ4v) is 1.66. The zero-order valence-corrected chi connectivity index (χ0v) is 11.1. The van der Waals surface area contributed by atoms with Crippen molar-refractivity contribution in [3.8, 4) is 5.69 Å². The Morgan fingerprint density at radius 1 is 1.29 bits per heavy atom. The van der Waals surface area contributed by atoms with Crippen molar-refractivity contribution in [1.29, 1.82) is 0 Å². The number of aromatic nitrogens is 3. The summed E-state index contributed by atoms with van der Waals surface area (Å²) in [5, 5.41) is 7.43. The number of carbonyl (C=O) groups is 1. The smallest absolute Gasteiger partial charge is 0.274 e. The molecule has 1 aromatic heterocycles. The van der Waals surface area contributed by atoms with Crippen molar-refractivity contribution < 1.29 is 22.8 Å². The highest BCUT2D eigenvalue weighted by atomic mass is 19.4. The van der Waals surface area contributed by atoms with Crippen molar-refractivity contribution >= 4 is 5.91 Å². The molecule has 0 atom stereocenters. The predicted octanol–water partition coefficient (Wildman–Crippen LogP) is 1.92. The maximum Gasteiger partial charge on any atom is 0.435 e. The van der Waals surface area contributed by atoms with Gasteiger partial charge in [0.25, 0.3) is 5.91 Å². The number of nitrogens with zero attached hydrogens (tertiary/aromatic N) is 4. The zero-order chi connectivity index (χ0) is 15.6. The fraction of sp³-hybridized carbons (Fsp3) is 0.250. The Bertz CT molecular complexity index is 640. The van der Waals surface area contributed by atoms with Crippen LogP contribution in [-0.2, 0) is 11.0 Å². The van der Waals surface area contributed by atoms with Crippen molar-refractivity contribution in [2.75, 3.05) is 14.2 Å². The Morgan fingerprint density at radius 2 is 1.90 bits per heavy atom. The van der Waals surface area contributed by atoms with Gasteiger partial charge >= 0.3 is 6.18 Å². The van der Waals surface area contributed by atoms with Crippen molar-refractivity contribution in [3.63, 3.8) is 0 Å². The van der Waals surface area contributed by atoms with Crippen LogP contribution in [0.2, 0.25) is 0 Å². The number of rotatable bonds is 3. The van der Waals surface area contributed by atoms with Gasteiger partial charge in [-0.2, -0.15) is 13.2 Å². The molecule has 112 valence electrons. The highest BCUT2D eigenvalue weighted by molar-refractivity contribution is 5.92. The summed E-state index contributed by atoms with van der Waals surface area (Å²) in [5.74, 6) is -1.04. The van der Waals surface area contributed by atoms with Crippen LogP contribution < -0.4 is 0 Å². The van der Waals surface area contributed by atoms with E-state index < -0.39 is 23.5 Å². The minimum absolute atomic E-state index is 0.149. The number of hydrogen-bond acceptors (Lipinski definition) is 4. The molecule has 1 amide bonds. The molecular weight excluding hydrogens is 289 g/mol. The molecule has 0 saturated heterocycles. The number of hydroxylamine groups is 2. The van der Waals surface area contributed by atoms with Crippen LogP contribution in [0.4, 0.5) is 13.2 Å². The molecular formula is C12H11F3N4O2. The van der Waals surface area contributed by atoms with E-state index in [1.165, 1.54) is 19.2 Å². The van der Waals surface area contributed by atoms with Crippen molar-refractivity contribution in [3.05, 3.63) is 41.7 Å². The monoisotopic (exact) mass is 300 g/mol. The minimum Gasteiger partial charge on any atom is -0.274 e. The van der Waals surface area contributed by atoms with E-state index in [-0.39, 0.29) is 5.69 Å². The molecule has 1 aromatic carbocycles. The average Bonchev–Trinajstić information content (AvgIpc) is 2.91. The first kappa shape index (κ1) is 15.0. The molecule has 1 heterocycles. The van der Waals surface area contributed by atoms with Crippen LogP contribution in [0.5, 0.6) is 0 Å². The van der Waals surface area contributed by atoms with Crippen LogP contribution in [0.15, 0.2) is 30.3 Å². The number of alkyl halides is 3. The van der Waals surface area contributed by atoms with E-state index in [9.17, 15) is 18.0 Å². The third-order valence-corrected chi connectivity index (χ3v) is 2.70. The van der Waals surface area contributed by atoms with Crippen LogP contribution in [0.25, 0.3) is 5.69 Å². The number of benzene rings is 1. The summed E-state index contributed by atoms with van der Waals surface area (Å²) in [6.07, 6.45) is -4.79. The van der Waals surface area contributed by atoms with Gasteiger partial charge in [0.2, 0.25) is 0 Å². The maximum atomic E-state index is 13.2. The molecule has 0 aliphatic heterocycles. The highest BCUT2D eigenvalue weighted by Gasteiger charge is 2.42. The molecule has 9 heteroatoms. The van der Waals surface area contributed by atoms with Crippen LogP contribution in [0.1, 0.15) is 16.2 Å². The first-order valence-corrected chi connectivity index (χ1v) is 5.76. The third-order valence-electron chi connectivity index (χ3n) is 2.70. The summed E-state index contributed by atoms with van der Waals surface area (Å²) in [6, 6.07) is 7.62. The first-order valence-electron chi connectivity index (χ1n) is 5.76. The van der Waals surface area contributed by atoms with Crippen LogP contribution in [-0.4, -0.2) is 40.1 Å². The number of para-hydroxylation sites is 1. The standard InChI is InChI=1S/C12H11F3N4O2/c1-18(21-2)11(20)9-10(12(13,14)15)19(17-16-9)8-6-4-3-5-7-8/h3-7H,1-2H3. The molecule has 0 saturated carbocycles. The van der Waals surface area contributed by atoms with E-state index in [2.05, 4.69) is 15.1 Å². The molecule has 0 aliphatic rings. The number of hydrogen-bond donors (Lipinski definition) is 0. The Balaban J connectivity index is 2.60. The molecule has 2 rings (SSSR count). The second-order valence-corrected chi connectivity index (χ2v) is 4.02. The van der Waals surface area contributed by atoms with E-state index in [1.807, 2.05) is 0 Å². The van der Waals surface area contributed by atoms with Gasteiger partial charge in [-0.3, -0.25) is 9.63 Å². The van der Waals surface area contributed by atoms with Crippen LogP contribution >= 0.6 is 0 Å². The predicted molar refractivity (Wildman–Crippen MR) is 65.5 cm³/mol. The van der Waals surface area contributed by atoms with Gasteiger partial charge in [-0.1, -0.05) is 23.4 Å². The Kier molecular flexibility index (Phi) is 3.94. The van der Waals surface area contributed by atoms with E-state index in [0.29, 0.717) is 9.75 Å². The molecule has 2 aromatic rings. The summed E-state index contributed by atoms with van der Waals surface area (Å²) in [5.41, 5.74) is -1.92. The summed E-state index contributed by atoms with van der Waals surface area (Å²) in [6.45, 7) is 0. The molecule has 0 radical (unpaired) electrons. The minimum atomic E-state index is -4.79. The summed E-state index contributed by atoms with van der Waals surface area (Å²) < 4.78 is 40.3. The second-order valence-electron chi connectivity index (χ2n) is 4.02. The second kappa shape index (κ2) is 5.52. The number of carbonyl (C=O) groups excluding carboxylic acids is 1. The molecule has 0 N–H and O–H groups in total. The third kappa shape index (κ3) is 2.87. The lowest BCUT2D eigenvalue weighted by molar-refractivity contribution is -0.143. The topological polar surface area (TPSA) is 60.2 Å². The van der Waals surface area contributed by atoms with E-state index in [1.54, 1.807) is 18.2 Å². The van der Waals surface area contributed by atoms with Gasteiger partial charge in [-0.05, 0) is 12.1 Å². The molecule has 21 heavy (non-hydrogen) atoms. The van der Waals surface area contributed by atoms with Crippen LogP contribution in [0.3, 0.4) is 0 Å². The lowest BCUT2D eigenvalue weighted by atomic mass is 10.2. The van der Waals surface area contributed by atoms with E-state index >= 15 is 0 Å². The summed E-state index contributed by atoms with van der Waals surface area (Å²) in [7, 11) is 2.34. The summed E-state index contributed by atoms with van der Waals surface area (Å²) in [4.78, 5) is 16.5. The molecule has 0 unspecified atom stereocenters. The van der Waals surface area contributed by atoms with E-state index in [0.717, 1.165) is 7.11 Å². The first-order chi connectivity index (χ1) is 9.86. The molecule has 6 nitrogen and oxygen atoms in total. The average molecular weight is 300 g/mol. The lowest BCUT2D eigenvalue weighted by Crippen LogP contribution is -2.28. The van der Waals surface area contributed by atoms with Crippen molar-refractivity contribution in [2.24, 2.45) is 0 Å². The summed E-state index contributed by atoms with van der Waals surface area (Å²) >= 11 is 0. The van der Waals surface area contributed by atoms with Crippen LogP contribution in [0, 0.1) is 0 Å². The molecule has 0 spiro atoms.